The molecule has 0 radical (unpaired) electrons. The first-order chi connectivity index (χ1) is 13.7. The van der Waals surface area contributed by atoms with E-state index in [0.717, 1.165) is 45.3 Å². The number of epoxide rings is 2. The Labute approximate surface area is 177 Å². The average Bonchev–Trinajstić information content (AvgIpc) is 3.56. The molecule has 1 unspecified atom stereocenters. The van der Waals surface area contributed by atoms with Crippen LogP contribution in [0.4, 0.5) is 0 Å². The zero-order valence-corrected chi connectivity index (χ0v) is 19.5. The third-order valence-electron chi connectivity index (χ3n) is 7.49. The maximum Gasteiger partial charge on any atom is 0.133 e. The number of hydrogen-bond acceptors (Lipinski definition) is 5. The molecule has 5 heteroatoms. The lowest BCUT2D eigenvalue weighted by molar-refractivity contribution is -0.126. The summed E-state index contributed by atoms with van der Waals surface area (Å²) in [4.78, 5) is 14.9. The number of hydrogen-bond donors (Lipinski definition) is 0. The minimum absolute atomic E-state index is 0.0472. The smallest absolute Gasteiger partial charge is 0.133 e. The van der Waals surface area contributed by atoms with Gasteiger partial charge in [-0.05, 0) is 77.9 Å². The normalized spacial score (nSPS) is 38.8. The number of rotatable bonds is 12. The van der Waals surface area contributed by atoms with Crippen molar-refractivity contribution in [2.45, 2.75) is 95.5 Å². The number of Topliss-reactive ketones (excluding diaryl/α,β-unsaturated/α-hetero) is 1. The number of unbranched alkanes of at least 4 members (excludes halogenated alkanes) is 1. The number of ketones is 1. The Morgan fingerprint density at radius 2 is 2.00 bits per heavy atom. The van der Waals surface area contributed by atoms with Gasteiger partial charge in [0.05, 0.1) is 24.4 Å². The van der Waals surface area contributed by atoms with E-state index in [-0.39, 0.29) is 29.1 Å². The van der Waals surface area contributed by atoms with Crippen molar-refractivity contribution in [3.63, 3.8) is 0 Å². The maximum atomic E-state index is 12.7. The lowest BCUT2D eigenvalue weighted by atomic mass is 9.64. The van der Waals surface area contributed by atoms with Crippen molar-refractivity contribution in [2.24, 2.45) is 17.8 Å². The summed E-state index contributed by atoms with van der Waals surface area (Å²) in [5.74, 6) is 1.60. The Kier molecular flexibility index (Phi) is 7.46. The molecule has 5 nitrogen and oxygen atoms in total. The molecule has 1 spiro atoms. The topological polar surface area (TPSA) is 54.6 Å². The summed E-state index contributed by atoms with van der Waals surface area (Å²) >= 11 is 0. The van der Waals surface area contributed by atoms with Crippen LogP contribution in [-0.4, -0.2) is 68.4 Å². The summed E-state index contributed by atoms with van der Waals surface area (Å²) < 4.78 is 18.4. The predicted octanol–water partition coefficient (Wildman–Crippen LogP) is 4.08. The molecule has 1 aliphatic carbocycles. The molecule has 1 saturated carbocycles. The quantitative estimate of drug-likeness (QED) is 0.359. The van der Waals surface area contributed by atoms with Gasteiger partial charge in [0.2, 0.25) is 0 Å². The van der Waals surface area contributed by atoms with Crippen LogP contribution >= 0.6 is 0 Å². The Morgan fingerprint density at radius 1 is 1.28 bits per heavy atom. The summed E-state index contributed by atoms with van der Waals surface area (Å²) in [5, 5.41) is 0. The molecule has 0 bridgehead atoms. The van der Waals surface area contributed by atoms with Crippen molar-refractivity contribution in [3.05, 3.63) is 0 Å². The first-order valence-corrected chi connectivity index (χ1v) is 11.7. The van der Waals surface area contributed by atoms with Crippen LogP contribution in [0.2, 0.25) is 0 Å². The van der Waals surface area contributed by atoms with Crippen molar-refractivity contribution in [1.82, 2.24) is 4.90 Å². The van der Waals surface area contributed by atoms with E-state index in [0.29, 0.717) is 30.6 Å². The van der Waals surface area contributed by atoms with E-state index >= 15 is 0 Å². The fraction of sp³-hybridized carbons (Fsp3) is 0.958. The van der Waals surface area contributed by atoms with Crippen LogP contribution in [0.3, 0.4) is 0 Å². The molecule has 0 amide bonds. The van der Waals surface area contributed by atoms with Crippen LogP contribution in [0.1, 0.15) is 72.1 Å². The van der Waals surface area contributed by atoms with Crippen molar-refractivity contribution in [1.29, 1.82) is 0 Å². The first kappa shape index (κ1) is 23.2. The van der Waals surface area contributed by atoms with Gasteiger partial charge in [-0.15, -0.1) is 0 Å². The highest BCUT2D eigenvalue weighted by atomic mass is 16.6. The monoisotopic (exact) mass is 409 g/mol. The second kappa shape index (κ2) is 9.33. The van der Waals surface area contributed by atoms with Crippen molar-refractivity contribution < 1.29 is 19.0 Å². The molecular formula is C24H43NO4. The number of methoxy groups -OCH3 is 1. The van der Waals surface area contributed by atoms with Crippen LogP contribution in [0.5, 0.6) is 0 Å². The Bertz CT molecular complexity index is 559. The summed E-state index contributed by atoms with van der Waals surface area (Å²) in [6.07, 6.45) is 8.09. The van der Waals surface area contributed by atoms with E-state index in [1.807, 2.05) is 7.11 Å². The molecule has 0 N–H and O–H groups in total. The number of ether oxygens (including phenoxy) is 3. The number of carbonyl (C=O) groups is 1. The van der Waals surface area contributed by atoms with Crippen LogP contribution in [0.15, 0.2) is 0 Å². The van der Waals surface area contributed by atoms with Crippen LogP contribution < -0.4 is 0 Å². The highest BCUT2D eigenvalue weighted by molar-refractivity contribution is 5.78. The first-order valence-electron chi connectivity index (χ1n) is 11.7. The summed E-state index contributed by atoms with van der Waals surface area (Å²) in [5.41, 5.74) is -0.243. The lowest BCUT2D eigenvalue weighted by Crippen LogP contribution is -2.53. The van der Waals surface area contributed by atoms with Gasteiger partial charge in [-0.2, -0.15) is 0 Å². The zero-order valence-electron chi connectivity index (χ0n) is 19.5. The predicted molar refractivity (Wildman–Crippen MR) is 115 cm³/mol. The van der Waals surface area contributed by atoms with Crippen LogP contribution in [-0.2, 0) is 19.0 Å². The summed E-state index contributed by atoms with van der Waals surface area (Å²) in [7, 11) is 5.97. The van der Waals surface area contributed by atoms with Crippen molar-refractivity contribution in [3.8, 4) is 0 Å². The van der Waals surface area contributed by atoms with Gasteiger partial charge in [0.15, 0.2) is 0 Å². The van der Waals surface area contributed by atoms with E-state index in [4.69, 9.17) is 14.2 Å². The minimum Gasteiger partial charge on any atom is -0.381 e. The molecule has 29 heavy (non-hydrogen) atoms. The van der Waals surface area contributed by atoms with E-state index < -0.39 is 0 Å². The van der Waals surface area contributed by atoms with Gasteiger partial charge in [0.25, 0.3) is 0 Å². The highest BCUT2D eigenvalue weighted by Crippen LogP contribution is 2.60. The van der Waals surface area contributed by atoms with E-state index in [1.54, 1.807) is 0 Å². The molecular weight excluding hydrogens is 366 g/mol. The average molecular weight is 410 g/mol. The van der Waals surface area contributed by atoms with Gasteiger partial charge in [0, 0.05) is 25.9 Å². The molecule has 2 aliphatic heterocycles. The van der Waals surface area contributed by atoms with Gasteiger partial charge >= 0.3 is 0 Å². The summed E-state index contributed by atoms with van der Waals surface area (Å²) in [6.45, 7) is 8.66. The molecule has 0 aromatic carbocycles. The molecule has 0 aromatic heterocycles. The fourth-order valence-electron chi connectivity index (χ4n) is 5.65. The Morgan fingerprint density at radius 3 is 2.59 bits per heavy atom. The van der Waals surface area contributed by atoms with Crippen LogP contribution in [0.25, 0.3) is 0 Å². The van der Waals surface area contributed by atoms with Gasteiger partial charge in [-0.1, -0.05) is 13.8 Å². The van der Waals surface area contributed by atoms with E-state index in [1.165, 1.54) is 6.42 Å². The molecule has 168 valence electrons. The van der Waals surface area contributed by atoms with Gasteiger partial charge in [0.1, 0.15) is 11.4 Å². The Hall–Kier alpha value is -0.490. The second-order valence-electron chi connectivity index (χ2n) is 10.6. The molecule has 3 fully saturated rings. The summed E-state index contributed by atoms with van der Waals surface area (Å²) in [6, 6.07) is 0. The van der Waals surface area contributed by atoms with Gasteiger partial charge in [-0.25, -0.2) is 0 Å². The lowest BCUT2D eigenvalue weighted by Gasteiger charge is -2.43. The van der Waals surface area contributed by atoms with Gasteiger partial charge in [-0.3, -0.25) is 4.79 Å². The second-order valence-corrected chi connectivity index (χ2v) is 10.6. The SMILES string of the molecule is CO[C@@H]1C(CC(=O)CCCCN(C)C)CC[C@]2(CO2)[C@H]1[C@@]1(C)O[C@@H]1CCC(C)C. The molecule has 2 heterocycles. The zero-order chi connectivity index (χ0) is 21.2. The van der Waals surface area contributed by atoms with Crippen molar-refractivity contribution >= 4 is 5.78 Å². The third-order valence-corrected chi connectivity index (χ3v) is 7.49. The van der Waals surface area contributed by atoms with E-state index in [9.17, 15) is 4.79 Å². The molecule has 3 aliphatic rings. The standard InChI is InChI=1S/C24H43NO4/c1-17(2)10-11-20-23(3,29-20)22-21(27-6)18(12-13-24(22)16-28-24)15-19(26)9-7-8-14-25(4)5/h17-18,20-22H,7-16H2,1-6H3/t18?,20-,21-,22-,23+,24+/m1/s1. The minimum atomic E-state index is -0.167. The molecule has 0 aromatic rings. The van der Waals surface area contributed by atoms with Crippen LogP contribution in [0, 0.1) is 17.8 Å². The molecule has 2 saturated heterocycles. The third kappa shape index (κ3) is 5.41. The molecule has 3 rings (SSSR count). The Balaban J connectivity index is 1.59. The number of nitrogens with zero attached hydrogens (tertiary/aromatic N) is 1. The molecule has 6 atom stereocenters. The van der Waals surface area contributed by atoms with Gasteiger partial charge < -0.3 is 19.1 Å². The number of carbonyl (C=O) groups excluding carboxylic acids is 1. The van der Waals surface area contributed by atoms with E-state index in [2.05, 4.69) is 39.8 Å². The largest absolute Gasteiger partial charge is 0.381 e. The maximum absolute atomic E-state index is 12.7. The highest BCUT2D eigenvalue weighted by Gasteiger charge is 2.71. The van der Waals surface area contributed by atoms with Crippen molar-refractivity contribution in [2.75, 3.05) is 34.4 Å². The fourth-order valence-corrected chi connectivity index (χ4v) is 5.65.